The molecule has 1 aliphatic carbocycles. The highest BCUT2D eigenvalue weighted by Gasteiger charge is 2.52. The number of hydrogen-bond acceptors (Lipinski definition) is 8. The van der Waals surface area contributed by atoms with Gasteiger partial charge in [-0.05, 0) is 36.2 Å². The standard InChI is InChI=1S/C30H27FN8O2/c1-33-30(5-6-30)18-41-24-9-25(28-21(10-32)13-36-39(28)17-24)20-3-4-27(34-12-20)37-15-22-8-23(16-37)38(22)14-19-7-26(31)29(40-2)35-11-19/h3-4,7,9,11-13,17,22-23H,5-6,8,14-16,18H2,2H3. The molecule has 10 nitrogen and oxygen atoms in total. The second-order valence-electron chi connectivity index (χ2n) is 11.0. The molecule has 0 aromatic carbocycles. The fraction of sp³-hybridized carbons (Fsp3) is 0.367. The van der Waals surface area contributed by atoms with E-state index in [2.05, 4.69) is 30.8 Å². The van der Waals surface area contributed by atoms with Gasteiger partial charge < -0.3 is 19.2 Å². The third-order valence-electron chi connectivity index (χ3n) is 8.43. The van der Waals surface area contributed by atoms with E-state index in [-0.39, 0.29) is 5.88 Å². The predicted molar refractivity (Wildman–Crippen MR) is 148 cm³/mol. The Kier molecular flexibility index (Phi) is 5.98. The summed E-state index contributed by atoms with van der Waals surface area (Å²) < 4.78 is 26.7. The molecule has 41 heavy (non-hydrogen) atoms. The summed E-state index contributed by atoms with van der Waals surface area (Å²) in [5.41, 5.74) is 3.25. The third-order valence-corrected chi connectivity index (χ3v) is 8.43. The topological polar surface area (TPSA) is 96.2 Å². The largest absolute Gasteiger partial charge is 0.484 e. The van der Waals surface area contributed by atoms with Crippen LogP contribution in [0.1, 0.15) is 30.4 Å². The summed E-state index contributed by atoms with van der Waals surface area (Å²) in [5.74, 6) is 1.07. The number of rotatable bonds is 8. The Morgan fingerprint density at radius 1 is 1.17 bits per heavy atom. The van der Waals surface area contributed by atoms with Crippen molar-refractivity contribution in [3.05, 3.63) is 77.4 Å². The lowest BCUT2D eigenvalue weighted by Gasteiger charge is -2.56. The molecule has 11 heteroatoms. The second kappa shape index (κ2) is 9.72. The fourth-order valence-corrected chi connectivity index (χ4v) is 5.91. The highest BCUT2D eigenvalue weighted by atomic mass is 19.1. The first-order valence-corrected chi connectivity index (χ1v) is 13.6. The van der Waals surface area contributed by atoms with Gasteiger partial charge in [0.25, 0.3) is 5.54 Å². The molecule has 2 unspecified atom stereocenters. The summed E-state index contributed by atoms with van der Waals surface area (Å²) in [6, 6.07) is 10.4. The maximum Gasteiger partial charge on any atom is 0.266 e. The van der Waals surface area contributed by atoms with Crippen LogP contribution in [-0.2, 0) is 6.54 Å². The lowest BCUT2D eigenvalue weighted by atomic mass is 9.87. The summed E-state index contributed by atoms with van der Waals surface area (Å²) in [7, 11) is 1.41. The minimum Gasteiger partial charge on any atom is -0.484 e. The summed E-state index contributed by atoms with van der Waals surface area (Å²) in [5, 5.41) is 14.0. The van der Waals surface area contributed by atoms with E-state index in [1.54, 1.807) is 23.1 Å². The molecule has 3 saturated heterocycles. The molecule has 0 spiro atoms. The molecule has 0 amide bonds. The third kappa shape index (κ3) is 4.48. The van der Waals surface area contributed by atoms with Crippen molar-refractivity contribution in [2.45, 2.75) is 43.4 Å². The van der Waals surface area contributed by atoms with Gasteiger partial charge in [-0.15, -0.1) is 0 Å². The number of pyridine rings is 3. The SMILES string of the molecule is [C-]#[N+]C1(COc2cc(-c3ccc(N4CC5CC(C4)N5Cc4cnc(OC)c(F)c4)nc3)c3c(C#N)cnn3c2)CC1. The maximum absolute atomic E-state index is 14.1. The van der Waals surface area contributed by atoms with Crippen molar-refractivity contribution in [2.24, 2.45) is 0 Å². The normalized spacial score (nSPS) is 20.6. The zero-order chi connectivity index (χ0) is 28.1. The number of piperidine rings is 1. The van der Waals surface area contributed by atoms with Crippen molar-refractivity contribution in [2.75, 3.05) is 31.7 Å². The van der Waals surface area contributed by atoms with E-state index in [1.165, 1.54) is 13.2 Å². The molecule has 4 aliphatic rings. The summed E-state index contributed by atoms with van der Waals surface area (Å²) in [6.45, 7) is 10.1. The number of nitrogens with zero attached hydrogens (tertiary/aromatic N) is 8. The first kappa shape index (κ1) is 25.2. The van der Waals surface area contributed by atoms with Crippen LogP contribution in [0.3, 0.4) is 0 Å². The quantitative estimate of drug-likeness (QED) is 0.303. The van der Waals surface area contributed by atoms with Gasteiger partial charge in [0, 0.05) is 68.1 Å². The number of ether oxygens (including phenoxy) is 2. The molecule has 206 valence electrons. The molecule has 0 N–H and O–H groups in total. The van der Waals surface area contributed by atoms with E-state index < -0.39 is 11.4 Å². The fourth-order valence-electron chi connectivity index (χ4n) is 5.91. The molecule has 0 radical (unpaired) electrons. The van der Waals surface area contributed by atoms with E-state index in [1.807, 2.05) is 24.4 Å². The van der Waals surface area contributed by atoms with Crippen LogP contribution in [0, 0.1) is 23.7 Å². The first-order valence-electron chi connectivity index (χ1n) is 13.6. The number of halogens is 1. The van der Waals surface area contributed by atoms with Crippen molar-refractivity contribution in [3.63, 3.8) is 0 Å². The van der Waals surface area contributed by atoms with Gasteiger partial charge in [0.1, 0.15) is 17.6 Å². The van der Waals surface area contributed by atoms with Gasteiger partial charge >= 0.3 is 0 Å². The van der Waals surface area contributed by atoms with Gasteiger partial charge in [-0.2, -0.15) is 10.4 Å². The highest BCUT2D eigenvalue weighted by Crippen LogP contribution is 2.41. The van der Waals surface area contributed by atoms with Crippen LogP contribution in [0.15, 0.2) is 49.1 Å². The molecule has 4 aromatic heterocycles. The number of piperazine rings is 1. The summed E-state index contributed by atoms with van der Waals surface area (Å²) >= 11 is 0. The number of anilines is 1. The van der Waals surface area contributed by atoms with Crippen molar-refractivity contribution in [1.82, 2.24) is 24.5 Å². The molecule has 2 bridgehead atoms. The van der Waals surface area contributed by atoms with Crippen LogP contribution in [0.2, 0.25) is 0 Å². The Morgan fingerprint density at radius 2 is 2.00 bits per heavy atom. The number of aromatic nitrogens is 4. The lowest BCUT2D eigenvalue weighted by Crippen LogP contribution is -2.68. The van der Waals surface area contributed by atoms with Gasteiger partial charge in [0.2, 0.25) is 5.88 Å². The predicted octanol–water partition coefficient (Wildman–Crippen LogP) is 4.10. The van der Waals surface area contributed by atoms with Crippen molar-refractivity contribution >= 4 is 11.3 Å². The number of methoxy groups -OCH3 is 1. The van der Waals surface area contributed by atoms with Gasteiger partial charge in [-0.1, -0.05) is 0 Å². The van der Waals surface area contributed by atoms with E-state index in [4.69, 9.17) is 21.0 Å². The Morgan fingerprint density at radius 3 is 2.66 bits per heavy atom. The number of fused-ring (bicyclic) bond motifs is 3. The van der Waals surface area contributed by atoms with E-state index in [0.717, 1.165) is 54.9 Å². The van der Waals surface area contributed by atoms with Crippen molar-refractivity contribution in [3.8, 4) is 28.8 Å². The van der Waals surface area contributed by atoms with Crippen LogP contribution in [0.25, 0.3) is 21.5 Å². The summed E-state index contributed by atoms with van der Waals surface area (Å²) in [6.07, 6.45) is 9.62. The zero-order valence-electron chi connectivity index (χ0n) is 22.5. The molecule has 3 aliphatic heterocycles. The summed E-state index contributed by atoms with van der Waals surface area (Å²) in [4.78, 5) is 17.3. The minimum absolute atomic E-state index is 0.0158. The monoisotopic (exact) mass is 550 g/mol. The molecule has 7 heterocycles. The van der Waals surface area contributed by atoms with Gasteiger partial charge in [-0.25, -0.2) is 25.4 Å². The van der Waals surface area contributed by atoms with Crippen molar-refractivity contribution in [1.29, 1.82) is 5.26 Å². The van der Waals surface area contributed by atoms with Crippen molar-refractivity contribution < 1.29 is 13.9 Å². The molecule has 4 aromatic rings. The zero-order valence-corrected chi connectivity index (χ0v) is 22.5. The molecular weight excluding hydrogens is 523 g/mol. The Labute approximate surface area is 236 Å². The van der Waals surface area contributed by atoms with Crippen LogP contribution < -0.4 is 14.4 Å². The lowest BCUT2D eigenvalue weighted by molar-refractivity contribution is -0.00884. The van der Waals surface area contributed by atoms with E-state index in [0.29, 0.717) is 42.1 Å². The Bertz CT molecular complexity index is 1710. The molecule has 2 atom stereocenters. The molecule has 1 saturated carbocycles. The Balaban J connectivity index is 1.08. The van der Waals surface area contributed by atoms with Gasteiger partial charge in [0.05, 0.1) is 30.6 Å². The van der Waals surface area contributed by atoms with Gasteiger partial charge in [-0.3, -0.25) is 4.90 Å². The van der Waals surface area contributed by atoms with Crippen LogP contribution in [-0.4, -0.2) is 68.9 Å². The van der Waals surface area contributed by atoms with Crippen LogP contribution in [0.4, 0.5) is 10.2 Å². The average Bonchev–Trinajstić information content (AvgIpc) is 3.68. The number of hydrogen-bond donors (Lipinski definition) is 0. The number of nitriles is 1. The molecule has 4 fully saturated rings. The van der Waals surface area contributed by atoms with Gasteiger partial charge in [0.15, 0.2) is 12.4 Å². The molecular formula is C30H27FN8O2. The van der Waals surface area contributed by atoms with Crippen LogP contribution >= 0.6 is 0 Å². The maximum atomic E-state index is 14.1. The average molecular weight is 551 g/mol. The second-order valence-corrected chi connectivity index (χ2v) is 11.0. The Hall–Kier alpha value is -4.74. The van der Waals surface area contributed by atoms with E-state index in [9.17, 15) is 9.65 Å². The highest BCUT2D eigenvalue weighted by molar-refractivity contribution is 5.85. The molecule has 8 rings (SSSR count). The minimum atomic E-state index is -0.441. The van der Waals surface area contributed by atoms with Crippen LogP contribution in [0.5, 0.6) is 11.6 Å². The van der Waals surface area contributed by atoms with E-state index >= 15 is 0 Å². The first-order chi connectivity index (χ1) is 20.0. The smallest absolute Gasteiger partial charge is 0.266 e.